The van der Waals surface area contributed by atoms with Crippen molar-refractivity contribution in [1.29, 1.82) is 0 Å². The van der Waals surface area contributed by atoms with Crippen LogP contribution in [0.3, 0.4) is 0 Å². The van der Waals surface area contributed by atoms with Gasteiger partial charge in [-0.25, -0.2) is 23.1 Å². The number of nitrogens with one attached hydrogen (secondary N) is 1. The standard InChI is InChI=1S/C22H22F3N3O2.C8H9N3O/c23-16-11-18(13-26-12-16)28(14-29)22(10-5-15-3-1-2-4-19(15)22)20(30)27-17-6-8-21(24,25)9-7-17;12-7-3-1-6-11(7)8-9-4-2-5-10-8/h1-4,11-14,17H,5-10H2,(H,27,30);2,4-5H,1,3,6H2. The van der Waals surface area contributed by atoms with Gasteiger partial charge in [0.05, 0.1) is 18.1 Å². The lowest BCUT2D eigenvalue weighted by Gasteiger charge is -2.40. The van der Waals surface area contributed by atoms with Crippen LogP contribution in [0, 0.1) is 5.82 Å². The Bertz CT molecular complexity index is 1430. The van der Waals surface area contributed by atoms with Gasteiger partial charge in [-0.3, -0.25) is 29.2 Å². The van der Waals surface area contributed by atoms with Gasteiger partial charge in [-0.05, 0) is 49.3 Å². The van der Waals surface area contributed by atoms with Crippen LogP contribution >= 0.6 is 0 Å². The fraction of sp³-hybridized carbons (Fsp3) is 0.400. The first-order valence-corrected chi connectivity index (χ1v) is 13.9. The molecule has 1 atom stereocenters. The number of hydrogen-bond acceptors (Lipinski definition) is 6. The highest BCUT2D eigenvalue weighted by molar-refractivity contribution is 5.98. The number of carbonyl (C=O) groups is 3. The SMILES string of the molecule is O=C1CCCN1c1ncccn1.O=CN(c1cncc(F)c1)C1(C(=O)NC2CCC(F)(F)CC2)CCc2ccccc21. The Labute approximate surface area is 241 Å². The molecule has 2 fully saturated rings. The minimum absolute atomic E-state index is 0.126. The summed E-state index contributed by atoms with van der Waals surface area (Å²) in [6, 6.07) is 9.78. The van der Waals surface area contributed by atoms with Crippen molar-refractivity contribution in [2.45, 2.75) is 68.9 Å². The first-order valence-electron chi connectivity index (χ1n) is 13.9. The number of hydrogen-bond donors (Lipinski definition) is 1. The number of alkyl halides is 2. The third-order valence-corrected chi connectivity index (χ3v) is 8.00. The first-order chi connectivity index (χ1) is 20.2. The maximum absolute atomic E-state index is 13.8. The lowest BCUT2D eigenvalue weighted by molar-refractivity contribution is -0.130. The predicted octanol–water partition coefficient (Wildman–Crippen LogP) is 4.32. The van der Waals surface area contributed by atoms with Crippen molar-refractivity contribution in [1.82, 2.24) is 20.3 Å². The van der Waals surface area contributed by atoms with Crippen LogP contribution in [0.15, 0.2) is 61.2 Å². The average Bonchev–Trinajstić information content (AvgIpc) is 3.60. The Hall–Kier alpha value is -4.35. The zero-order chi connectivity index (χ0) is 29.7. The second-order valence-corrected chi connectivity index (χ2v) is 10.7. The Balaban J connectivity index is 0.000000244. The van der Waals surface area contributed by atoms with E-state index in [0.29, 0.717) is 37.2 Å². The highest BCUT2D eigenvalue weighted by atomic mass is 19.3. The summed E-state index contributed by atoms with van der Waals surface area (Å²) in [5.41, 5.74) is 0.333. The molecule has 220 valence electrons. The number of carbonyl (C=O) groups excluding carboxylic acids is 3. The highest BCUT2D eigenvalue weighted by Gasteiger charge is 2.51. The molecule has 3 aromatic rings. The number of halogens is 3. The Morgan fingerprint density at radius 2 is 1.79 bits per heavy atom. The molecule has 3 heterocycles. The van der Waals surface area contributed by atoms with Crippen LogP contribution in [-0.2, 0) is 26.3 Å². The van der Waals surface area contributed by atoms with Gasteiger partial charge in [-0.2, -0.15) is 0 Å². The van der Waals surface area contributed by atoms with Gasteiger partial charge in [0.25, 0.3) is 5.91 Å². The lowest BCUT2D eigenvalue weighted by atomic mass is 9.86. The second kappa shape index (κ2) is 12.3. The molecule has 42 heavy (non-hydrogen) atoms. The van der Waals surface area contributed by atoms with Crippen LogP contribution in [0.25, 0.3) is 0 Å². The zero-order valence-electron chi connectivity index (χ0n) is 22.9. The number of nitrogens with zero attached hydrogens (tertiary/aromatic N) is 5. The van der Waals surface area contributed by atoms with Crippen molar-refractivity contribution in [2.24, 2.45) is 0 Å². The molecule has 12 heteroatoms. The summed E-state index contributed by atoms with van der Waals surface area (Å²) >= 11 is 0. The molecule has 0 spiro atoms. The van der Waals surface area contributed by atoms with Crippen molar-refractivity contribution in [3.8, 4) is 0 Å². The molecule has 2 aromatic heterocycles. The molecule has 1 saturated heterocycles. The van der Waals surface area contributed by atoms with Gasteiger partial charge in [0.1, 0.15) is 5.82 Å². The summed E-state index contributed by atoms with van der Waals surface area (Å²) < 4.78 is 40.9. The van der Waals surface area contributed by atoms with E-state index < -0.39 is 29.2 Å². The number of benzene rings is 1. The Morgan fingerprint density at radius 1 is 1.05 bits per heavy atom. The second-order valence-electron chi connectivity index (χ2n) is 10.7. The smallest absolute Gasteiger partial charge is 0.251 e. The van der Waals surface area contributed by atoms with E-state index in [4.69, 9.17) is 0 Å². The summed E-state index contributed by atoms with van der Waals surface area (Å²) in [5.74, 6) is -3.13. The van der Waals surface area contributed by atoms with Gasteiger partial charge in [-0.1, -0.05) is 24.3 Å². The van der Waals surface area contributed by atoms with Crippen molar-refractivity contribution < 1.29 is 27.6 Å². The van der Waals surface area contributed by atoms with Crippen molar-refractivity contribution in [3.05, 3.63) is 78.1 Å². The quantitative estimate of drug-likeness (QED) is 0.435. The third kappa shape index (κ3) is 5.97. The van der Waals surface area contributed by atoms with Crippen LogP contribution in [0.4, 0.5) is 24.8 Å². The average molecular weight is 581 g/mol. The number of rotatable bonds is 6. The number of aryl methyl sites for hydroxylation is 1. The van der Waals surface area contributed by atoms with E-state index in [2.05, 4.69) is 20.3 Å². The molecular weight excluding hydrogens is 549 g/mol. The summed E-state index contributed by atoms with van der Waals surface area (Å²) in [4.78, 5) is 51.7. The van der Waals surface area contributed by atoms with Gasteiger partial charge in [-0.15, -0.1) is 0 Å². The fourth-order valence-corrected chi connectivity index (χ4v) is 5.87. The monoisotopic (exact) mass is 580 g/mol. The molecule has 1 N–H and O–H groups in total. The van der Waals surface area contributed by atoms with E-state index in [-0.39, 0.29) is 37.3 Å². The summed E-state index contributed by atoms with van der Waals surface area (Å²) in [5, 5.41) is 2.89. The number of amides is 3. The molecule has 1 aromatic carbocycles. The largest absolute Gasteiger partial charge is 0.351 e. The summed E-state index contributed by atoms with van der Waals surface area (Å²) in [7, 11) is 0. The number of anilines is 2. The lowest BCUT2D eigenvalue weighted by Crippen LogP contribution is -2.57. The maximum atomic E-state index is 13.8. The van der Waals surface area contributed by atoms with Crippen molar-refractivity contribution in [3.63, 3.8) is 0 Å². The maximum Gasteiger partial charge on any atom is 0.251 e. The summed E-state index contributed by atoms with van der Waals surface area (Å²) in [6.07, 6.45) is 8.30. The number of aromatic nitrogens is 3. The van der Waals surface area contributed by atoms with Crippen LogP contribution < -0.4 is 15.1 Å². The van der Waals surface area contributed by atoms with E-state index in [1.165, 1.54) is 11.1 Å². The van der Waals surface area contributed by atoms with E-state index in [9.17, 15) is 27.6 Å². The highest BCUT2D eigenvalue weighted by Crippen LogP contribution is 2.44. The Morgan fingerprint density at radius 3 is 2.45 bits per heavy atom. The predicted molar refractivity (Wildman–Crippen MR) is 148 cm³/mol. The molecule has 1 unspecified atom stereocenters. The van der Waals surface area contributed by atoms with Gasteiger partial charge in [0, 0.05) is 50.3 Å². The van der Waals surface area contributed by atoms with E-state index >= 15 is 0 Å². The molecule has 0 bridgehead atoms. The van der Waals surface area contributed by atoms with Gasteiger partial charge >= 0.3 is 0 Å². The van der Waals surface area contributed by atoms with Crippen LogP contribution in [0.2, 0.25) is 0 Å². The molecule has 1 saturated carbocycles. The molecule has 2 aliphatic carbocycles. The molecule has 0 radical (unpaired) electrons. The molecule has 1 aliphatic heterocycles. The van der Waals surface area contributed by atoms with E-state index in [1.54, 1.807) is 35.5 Å². The molecule has 3 aliphatic rings. The number of fused-ring (bicyclic) bond motifs is 1. The first kappa shape index (κ1) is 29.2. The van der Waals surface area contributed by atoms with Crippen molar-refractivity contribution in [2.75, 3.05) is 16.3 Å². The van der Waals surface area contributed by atoms with Gasteiger partial charge in [0.2, 0.25) is 24.2 Å². The molecular formula is C30H31F3N6O3. The van der Waals surface area contributed by atoms with E-state index in [0.717, 1.165) is 30.8 Å². The minimum Gasteiger partial charge on any atom is -0.351 e. The molecule has 9 nitrogen and oxygen atoms in total. The molecule has 3 amide bonds. The minimum atomic E-state index is -2.71. The Kier molecular flexibility index (Phi) is 8.51. The fourth-order valence-electron chi connectivity index (χ4n) is 5.87. The van der Waals surface area contributed by atoms with Crippen LogP contribution in [0.1, 0.15) is 56.1 Å². The number of pyridine rings is 1. The topological polar surface area (TPSA) is 108 Å². The molecule has 6 rings (SSSR count). The van der Waals surface area contributed by atoms with Gasteiger partial charge in [0.15, 0.2) is 5.54 Å². The van der Waals surface area contributed by atoms with E-state index in [1.807, 2.05) is 12.1 Å². The van der Waals surface area contributed by atoms with Crippen molar-refractivity contribution >= 4 is 29.9 Å². The van der Waals surface area contributed by atoms with Crippen LogP contribution in [0.5, 0.6) is 0 Å². The third-order valence-electron chi connectivity index (χ3n) is 8.00. The van der Waals surface area contributed by atoms with Crippen LogP contribution in [-0.4, -0.2) is 51.7 Å². The normalized spacial score (nSPS) is 21.2. The zero-order valence-corrected chi connectivity index (χ0v) is 22.9. The summed E-state index contributed by atoms with van der Waals surface area (Å²) in [6.45, 7) is 0.753. The van der Waals surface area contributed by atoms with Gasteiger partial charge < -0.3 is 5.32 Å².